The second-order valence-electron chi connectivity index (χ2n) is 5.67. The highest BCUT2D eigenvalue weighted by Crippen LogP contribution is 2.25. The molecule has 2 rings (SSSR count). The van der Waals surface area contributed by atoms with E-state index in [1.54, 1.807) is 42.5 Å². The highest BCUT2D eigenvalue weighted by molar-refractivity contribution is 5.97. The minimum atomic E-state index is -1.05. The summed E-state index contributed by atoms with van der Waals surface area (Å²) >= 11 is 0. The van der Waals surface area contributed by atoms with Gasteiger partial charge >= 0.3 is 5.97 Å². The van der Waals surface area contributed by atoms with Gasteiger partial charge in [-0.1, -0.05) is 12.1 Å². The smallest absolute Gasteiger partial charge is 0.331 e. The van der Waals surface area contributed by atoms with Crippen molar-refractivity contribution < 1.29 is 23.8 Å². The zero-order chi connectivity index (χ0) is 20.5. The fraction of sp³-hybridized carbons (Fsp3) is 0.190. The zero-order valence-corrected chi connectivity index (χ0v) is 15.8. The van der Waals surface area contributed by atoms with Crippen LogP contribution in [0.15, 0.2) is 48.5 Å². The minimum Gasteiger partial charge on any atom is -0.497 e. The number of para-hydroxylation sites is 1. The van der Waals surface area contributed by atoms with Crippen molar-refractivity contribution in [1.29, 1.82) is 5.26 Å². The molecule has 1 N–H and O–H groups in total. The minimum absolute atomic E-state index is 0.319. The molecular formula is C21H20N2O5. The number of carbonyl (C=O) groups excluding carboxylic acids is 2. The van der Waals surface area contributed by atoms with Gasteiger partial charge in [-0.25, -0.2) is 4.79 Å². The molecule has 0 aliphatic rings. The van der Waals surface area contributed by atoms with Gasteiger partial charge in [0, 0.05) is 11.6 Å². The quantitative estimate of drug-likeness (QED) is 0.585. The first-order valence-electron chi connectivity index (χ1n) is 8.39. The molecule has 0 radical (unpaired) electrons. The van der Waals surface area contributed by atoms with E-state index in [-0.39, 0.29) is 0 Å². The van der Waals surface area contributed by atoms with Gasteiger partial charge in [-0.05, 0) is 43.3 Å². The maximum atomic E-state index is 12.2. The van der Waals surface area contributed by atoms with Gasteiger partial charge in [0.15, 0.2) is 6.10 Å². The third-order valence-electron chi connectivity index (χ3n) is 3.80. The van der Waals surface area contributed by atoms with E-state index in [4.69, 9.17) is 19.5 Å². The van der Waals surface area contributed by atoms with Crippen molar-refractivity contribution in [2.24, 2.45) is 0 Å². The van der Waals surface area contributed by atoms with Gasteiger partial charge in [-0.2, -0.15) is 5.26 Å². The Balaban J connectivity index is 2.01. The first-order valence-corrected chi connectivity index (χ1v) is 8.39. The fourth-order valence-electron chi connectivity index (χ4n) is 2.32. The van der Waals surface area contributed by atoms with Crippen molar-refractivity contribution >= 4 is 23.6 Å². The van der Waals surface area contributed by atoms with Gasteiger partial charge in [-0.3, -0.25) is 4.79 Å². The number of hydrogen-bond donors (Lipinski definition) is 1. The number of carbonyl (C=O) groups is 2. The number of nitriles is 1. The summed E-state index contributed by atoms with van der Waals surface area (Å²) in [7, 11) is 3.05. The Morgan fingerprint density at radius 2 is 1.89 bits per heavy atom. The lowest BCUT2D eigenvalue weighted by Gasteiger charge is -2.13. The first-order chi connectivity index (χ1) is 13.5. The molecule has 28 heavy (non-hydrogen) atoms. The van der Waals surface area contributed by atoms with Crippen LogP contribution in [0.1, 0.15) is 18.1 Å². The highest BCUT2D eigenvalue weighted by Gasteiger charge is 2.18. The molecule has 2 aromatic carbocycles. The van der Waals surface area contributed by atoms with Crippen LogP contribution in [0.25, 0.3) is 6.08 Å². The Kier molecular flexibility index (Phi) is 7.17. The monoisotopic (exact) mass is 380 g/mol. The molecule has 0 aliphatic carbocycles. The number of ether oxygens (including phenoxy) is 3. The number of nitrogens with one attached hydrogen (secondary N) is 1. The molecule has 7 nitrogen and oxygen atoms in total. The molecule has 1 amide bonds. The molecule has 0 fully saturated rings. The van der Waals surface area contributed by atoms with Gasteiger partial charge in [0.2, 0.25) is 0 Å². The summed E-state index contributed by atoms with van der Waals surface area (Å²) in [6.07, 6.45) is 1.67. The summed E-state index contributed by atoms with van der Waals surface area (Å²) in [5.74, 6) is -0.0639. The lowest BCUT2D eigenvalue weighted by molar-refractivity contribution is -0.148. The molecular weight excluding hydrogens is 360 g/mol. The van der Waals surface area contributed by atoms with Crippen LogP contribution in [0, 0.1) is 11.3 Å². The van der Waals surface area contributed by atoms with Crippen LogP contribution in [0.2, 0.25) is 0 Å². The van der Waals surface area contributed by atoms with Crippen molar-refractivity contribution in [2.75, 3.05) is 19.5 Å². The second-order valence-corrected chi connectivity index (χ2v) is 5.67. The van der Waals surface area contributed by atoms with E-state index in [0.29, 0.717) is 28.3 Å². The highest BCUT2D eigenvalue weighted by atomic mass is 16.5. The molecule has 2 aromatic rings. The van der Waals surface area contributed by atoms with Crippen LogP contribution >= 0.6 is 0 Å². The van der Waals surface area contributed by atoms with Gasteiger partial charge in [0.1, 0.15) is 17.6 Å². The number of hydrogen-bond acceptors (Lipinski definition) is 6. The van der Waals surface area contributed by atoms with Crippen LogP contribution in [-0.4, -0.2) is 32.2 Å². The average Bonchev–Trinajstić information content (AvgIpc) is 2.72. The summed E-state index contributed by atoms with van der Waals surface area (Å²) in [6, 6.07) is 13.7. The van der Waals surface area contributed by atoms with E-state index >= 15 is 0 Å². The molecule has 144 valence electrons. The Morgan fingerprint density at radius 3 is 2.57 bits per heavy atom. The van der Waals surface area contributed by atoms with E-state index in [9.17, 15) is 9.59 Å². The van der Waals surface area contributed by atoms with Crippen LogP contribution in [-0.2, 0) is 14.3 Å². The van der Waals surface area contributed by atoms with Crippen LogP contribution in [0.3, 0.4) is 0 Å². The normalized spacial score (nSPS) is 11.4. The summed E-state index contributed by atoms with van der Waals surface area (Å²) in [5, 5.41) is 11.6. The number of anilines is 1. The summed E-state index contributed by atoms with van der Waals surface area (Å²) in [4.78, 5) is 24.3. The number of amides is 1. The molecule has 0 bridgehead atoms. The van der Waals surface area contributed by atoms with Gasteiger partial charge < -0.3 is 19.5 Å². The molecule has 0 aromatic heterocycles. The average molecular weight is 380 g/mol. The second kappa shape index (κ2) is 9.78. The number of nitrogens with zero attached hydrogens (tertiary/aromatic N) is 1. The molecule has 0 saturated heterocycles. The van der Waals surface area contributed by atoms with Crippen molar-refractivity contribution in [3.05, 3.63) is 59.7 Å². The van der Waals surface area contributed by atoms with Crippen LogP contribution < -0.4 is 14.8 Å². The maximum Gasteiger partial charge on any atom is 0.331 e. The predicted octanol–water partition coefficient (Wildman–Crippen LogP) is 3.16. The van der Waals surface area contributed by atoms with E-state index in [1.165, 1.54) is 33.3 Å². The predicted molar refractivity (Wildman–Crippen MR) is 104 cm³/mol. The first kappa shape index (κ1) is 20.5. The molecule has 0 spiro atoms. The van der Waals surface area contributed by atoms with Crippen molar-refractivity contribution in [3.8, 4) is 17.6 Å². The van der Waals surface area contributed by atoms with Crippen molar-refractivity contribution in [1.82, 2.24) is 0 Å². The number of rotatable bonds is 7. The molecule has 0 unspecified atom stereocenters. The number of benzene rings is 2. The Hall–Kier alpha value is -3.79. The Labute approximate surface area is 163 Å². The lowest BCUT2D eigenvalue weighted by atomic mass is 10.1. The van der Waals surface area contributed by atoms with E-state index < -0.39 is 18.0 Å². The third kappa shape index (κ3) is 5.35. The largest absolute Gasteiger partial charge is 0.497 e. The van der Waals surface area contributed by atoms with Crippen molar-refractivity contribution in [3.63, 3.8) is 0 Å². The molecule has 7 heteroatoms. The van der Waals surface area contributed by atoms with Gasteiger partial charge in [-0.15, -0.1) is 0 Å². The van der Waals surface area contributed by atoms with Gasteiger partial charge in [0.25, 0.3) is 5.91 Å². The van der Waals surface area contributed by atoms with Gasteiger partial charge in [0.05, 0.1) is 25.5 Å². The molecule has 0 aliphatic heterocycles. The van der Waals surface area contributed by atoms with E-state index in [2.05, 4.69) is 5.32 Å². The Bertz CT molecular complexity index is 931. The SMILES string of the molecule is COc1ccc(OC)c(/C=C/C(=O)O[C@H](C)C(=O)Nc2ccccc2C#N)c1. The van der Waals surface area contributed by atoms with E-state index in [0.717, 1.165) is 0 Å². The zero-order valence-electron chi connectivity index (χ0n) is 15.8. The summed E-state index contributed by atoms with van der Waals surface area (Å²) in [6.45, 7) is 1.45. The third-order valence-corrected chi connectivity index (χ3v) is 3.80. The molecule has 0 heterocycles. The summed E-state index contributed by atoms with van der Waals surface area (Å²) in [5.41, 5.74) is 1.30. The Morgan fingerprint density at radius 1 is 1.14 bits per heavy atom. The summed E-state index contributed by atoms with van der Waals surface area (Å²) < 4.78 is 15.5. The lowest BCUT2D eigenvalue weighted by Crippen LogP contribution is -2.29. The molecule has 1 atom stereocenters. The van der Waals surface area contributed by atoms with Crippen LogP contribution in [0.4, 0.5) is 5.69 Å². The fourth-order valence-corrected chi connectivity index (χ4v) is 2.32. The standard InChI is InChI=1S/C21H20N2O5/c1-14(21(25)23-18-7-5-4-6-16(18)13-22)28-20(24)11-8-15-12-17(26-2)9-10-19(15)27-3/h4-12,14H,1-3H3,(H,23,25)/b11-8+/t14-/m1/s1. The molecule has 0 saturated carbocycles. The number of methoxy groups -OCH3 is 2. The number of esters is 1. The van der Waals surface area contributed by atoms with Crippen LogP contribution in [0.5, 0.6) is 11.5 Å². The van der Waals surface area contributed by atoms with E-state index in [1.807, 2.05) is 6.07 Å². The topological polar surface area (TPSA) is 97.7 Å². The van der Waals surface area contributed by atoms with Crippen molar-refractivity contribution in [2.45, 2.75) is 13.0 Å². The maximum absolute atomic E-state index is 12.2.